The summed E-state index contributed by atoms with van der Waals surface area (Å²) in [6.07, 6.45) is 1.66. The summed E-state index contributed by atoms with van der Waals surface area (Å²) in [7, 11) is 0. The lowest BCUT2D eigenvalue weighted by atomic mass is 9.90. The predicted octanol–water partition coefficient (Wildman–Crippen LogP) is 3.70. The van der Waals surface area contributed by atoms with E-state index < -0.39 is 5.60 Å². The monoisotopic (exact) mass is 353 g/mol. The number of hydrogen-bond acceptors (Lipinski definition) is 4. The van der Waals surface area contributed by atoms with Gasteiger partial charge >= 0.3 is 0 Å². The van der Waals surface area contributed by atoms with Gasteiger partial charge in [0.25, 0.3) is 0 Å². The molecule has 3 rings (SSSR count). The van der Waals surface area contributed by atoms with Crippen LogP contribution in [0.25, 0.3) is 0 Å². The summed E-state index contributed by atoms with van der Waals surface area (Å²) in [4.78, 5) is 4.06. The van der Waals surface area contributed by atoms with Gasteiger partial charge in [0.05, 0.1) is 6.42 Å². The Morgan fingerprint density at radius 1 is 1.12 bits per heavy atom. The van der Waals surface area contributed by atoms with E-state index in [2.05, 4.69) is 27.0 Å². The van der Waals surface area contributed by atoms with Crippen LogP contribution in [-0.2, 0) is 12.0 Å². The Bertz CT molecular complexity index is 881. The minimum absolute atomic E-state index is 0.189. The second kappa shape index (κ2) is 7.39. The first-order chi connectivity index (χ1) is 12.1. The second-order valence-electron chi connectivity index (χ2n) is 5.41. The van der Waals surface area contributed by atoms with Crippen LogP contribution in [0.2, 0.25) is 5.02 Å². The number of ether oxygens (including phenoxy) is 1. The van der Waals surface area contributed by atoms with Crippen molar-refractivity contribution in [1.29, 1.82) is 0 Å². The highest BCUT2D eigenvalue weighted by Crippen LogP contribution is 2.28. The smallest absolute Gasteiger partial charge is 0.158 e. The lowest BCUT2D eigenvalue weighted by Crippen LogP contribution is -2.27. The lowest BCUT2D eigenvalue weighted by molar-refractivity contribution is 0.0983. The zero-order chi connectivity index (χ0) is 17.7. The van der Waals surface area contributed by atoms with Crippen LogP contribution in [0.5, 0.6) is 11.5 Å². The second-order valence-corrected chi connectivity index (χ2v) is 5.84. The SMILES string of the molecule is CC#CC(O)(Cc1nc[nH]n1)c1ccc(Oc2ccc(Cl)cc2)cc1. The maximum Gasteiger partial charge on any atom is 0.158 e. The zero-order valence-corrected chi connectivity index (χ0v) is 14.3. The van der Waals surface area contributed by atoms with Gasteiger partial charge in [0.1, 0.15) is 17.8 Å². The van der Waals surface area contributed by atoms with Crippen molar-refractivity contribution >= 4 is 11.6 Å². The summed E-state index contributed by atoms with van der Waals surface area (Å²) in [5.74, 6) is 7.44. The van der Waals surface area contributed by atoms with Crippen LogP contribution in [-0.4, -0.2) is 20.3 Å². The Labute approximate surface area is 150 Å². The topological polar surface area (TPSA) is 71.0 Å². The largest absolute Gasteiger partial charge is 0.457 e. The fraction of sp³-hybridized carbons (Fsp3) is 0.158. The molecule has 25 heavy (non-hydrogen) atoms. The molecular weight excluding hydrogens is 338 g/mol. The lowest BCUT2D eigenvalue weighted by Gasteiger charge is -2.21. The first-order valence-corrected chi connectivity index (χ1v) is 8.02. The molecule has 0 spiro atoms. The van der Waals surface area contributed by atoms with Crippen molar-refractivity contribution in [1.82, 2.24) is 15.2 Å². The quantitative estimate of drug-likeness (QED) is 0.686. The Morgan fingerprint density at radius 3 is 2.32 bits per heavy atom. The van der Waals surface area contributed by atoms with Crippen molar-refractivity contribution < 1.29 is 9.84 Å². The van der Waals surface area contributed by atoms with E-state index in [1.54, 1.807) is 55.5 Å². The van der Waals surface area contributed by atoms with E-state index in [1.165, 1.54) is 6.33 Å². The van der Waals surface area contributed by atoms with Crippen LogP contribution in [0.15, 0.2) is 54.9 Å². The van der Waals surface area contributed by atoms with Gasteiger partial charge in [0.15, 0.2) is 11.4 Å². The number of aliphatic hydroxyl groups is 1. The molecule has 0 radical (unpaired) electrons. The molecule has 0 bridgehead atoms. The van der Waals surface area contributed by atoms with Gasteiger partial charge in [-0.25, -0.2) is 4.98 Å². The van der Waals surface area contributed by atoms with Crippen LogP contribution in [0.1, 0.15) is 18.3 Å². The molecule has 6 heteroatoms. The third kappa shape index (κ3) is 4.18. The number of H-pyrrole nitrogens is 1. The molecule has 1 unspecified atom stereocenters. The van der Waals surface area contributed by atoms with Crippen molar-refractivity contribution in [2.24, 2.45) is 0 Å². The molecule has 0 fully saturated rings. The van der Waals surface area contributed by atoms with Gasteiger partial charge in [0.2, 0.25) is 0 Å². The fourth-order valence-electron chi connectivity index (χ4n) is 2.41. The summed E-state index contributed by atoms with van der Waals surface area (Å²) < 4.78 is 5.76. The number of nitrogens with zero attached hydrogens (tertiary/aromatic N) is 2. The molecule has 0 amide bonds. The molecule has 0 aliphatic carbocycles. The van der Waals surface area contributed by atoms with Crippen molar-refractivity contribution in [2.45, 2.75) is 18.9 Å². The van der Waals surface area contributed by atoms with Gasteiger partial charge in [-0.1, -0.05) is 29.7 Å². The molecule has 5 nitrogen and oxygen atoms in total. The van der Waals surface area contributed by atoms with E-state index in [1.807, 2.05) is 0 Å². The Morgan fingerprint density at radius 2 is 1.76 bits per heavy atom. The Kier molecular flexibility index (Phi) is 5.03. The van der Waals surface area contributed by atoms with Gasteiger partial charge in [0, 0.05) is 5.02 Å². The van der Waals surface area contributed by atoms with Gasteiger partial charge in [-0.3, -0.25) is 5.10 Å². The number of aromatic nitrogens is 3. The minimum atomic E-state index is -1.37. The van der Waals surface area contributed by atoms with Crippen LogP contribution in [0.4, 0.5) is 0 Å². The van der Waals surface area contributed by atoms with Crippen LogP contribution in [0.3, 0.4) is 0 Å². The van der Waals surface area contributed by atoms with Crippen LogP contribution < -0.4 is 4.74 Å². The summed E-state index contributed by atoms with van der Waals surface area (Å²) in [6.45, 7) is 1.68. The average Bonchev–Trinajstić information content (AvgIpc) is 3.10. The summed E-state index contributed by atoms with van der Waals surface area (Å²) >= 11 is 5.86. The predicted molar refractivity (Wildman–Crippen MR) is 95.4 cm³/mol. The summed E-state index contributed by atoms with van der Waals surface area (Å²) in [6, 6.07) is 14.2. The highest BCUT2D eigenvalue weighted by molar-refractivity contribution is 6.30. The highest BCUT2D eigenvalue weighted by Gasteiger charge is 2.29. The minimum Gasteiger partial charge on any atom is -0.457 e. The summed E-state index contributed by atoms with van der Waals surface area (Å²) in [5, 5.41) is 18.2. The molecule has 3 aromatic rings. The fourth-order valence-corrected chi connectivity index (χ4v) is 2.54. The van der Waals surface area contributed by atoms with Crippen LogP contribution >= 0.6 is 11.6 Å². The van der Waals surface area contributed by atoms with Crippen molar-refractivity contribution in [3.05, 3.63) is 71.3 Å². The zero-order valence-electron chi connectivity index (χ0n) is 13.5. The number of rotatable bonds is 5. The Balaban J connectivity index is 1.81. The molecule has 0 aliphatic rings. The highest BCUT2D eigenvalue weighted by atomic mass is 35.5. The third-order valence-corrected chi connectivity index (χ3v) is 3.84. The number of aromatic amines is 1. The number of halogens is 1. The molecule has 0 saturated carbocycles. The van der Waals surface area contributed by atoms with Gasteiger partial charge in [-0.2, -0.15) is 5.10 Å². The molecule has 2 N–H and O–H groups in total. The van der Waals surface area contributed by atoms with Crippen molar-refractivity contribution in [3.63, 3.8) is 0 Å². The van der Waals surface area contributed by atoms with Gasteiger partial charge in [-0.05, 0) is 48.9 Å². The van der Waals surface area contributed by atoms with Gasteiger partial charge < -0.3 is 9.84 Å². The van der Waals surface area contributed by atoms with E-state index in [-0.39, 0.29) is 6.42 Å². The molecule has 0 aliphatic heterocycles. The molecule has 0 saturated heterocycles. The van der Waals surface area contributed by atoms with Crippen molar-refractivity contribution in [2.75, 3.05) is 0 Å². The van der Waals surface area contributed by atoms with Crippen molar-refractivity contribution in [3.8, 4) is 23.3 Å². The van der Waals surface area contributed by atoms with E-state index in [0.717, 1.165) is 0 Å². The van der Waals surface area contributed by atoms with Gasteiger partial charge in [-0.15, -0.1) is 5.92 Å². The van der Waals surface area contributed by atoms with Crippen LogP contribution in [0, 0.1) is 11.8 Å². The molecule has 2 aromatic carbocycles. The number of benzene rings is 2. The standard InChI is InChI=1S/C19H16ClN3O2/c1-2-11-19(24,12-18-21-13-22-23-18)14-3-7-16(8-4-14)25-17-9-5-15(20)6-10-17/h3-10,13,24H,12H2,1H3,(H,21,22,23). The Hall–Kier alpha value is -2.81. The van der Waals surface area contributed by atoms with E-state index in [9.17, 15) is 5.11 Å². The first-order valence-electron chi connectivity index (χ1n) is 7.64. The van der Waals surface area contributed by atoms with E-state index in [4.69, 9.17) is 16.3 Å². The maximum absolute atomic E-state index is 10.9. The first kappa shape index (κ1) is 17.0. The molecule has 126 valence electrons. The molecular formula is C19H16ClN3O2. The molecule has 1 heterocycles. The van der Waals surface area contributed by atoms with E-state index in [0.29, 0.717) is 27.9 Å². The summed E-state index contributed by atoms with van der Waals surface area (Å²) in [5.41, 5.74) is -0.717. The molecule has 1 atom stereocenters. The molecule has 1 aromatic heterocycles. The third-order valence-electron chi connectivity index (χ3n) is 3.59. The number of hydrogen-bond donors (Lipinski definition) is 2. The van der Waals surface area contributed by atoms with E-state index >= 15 is 0 Å². The maximum atomic E-state index is 10.9. The average molecular weight is 354 g/mol. The number of nitrogens with one attached hydrogen (secondary N) is 1. The normalized spacial score (nSPS) is 12.8.